The maximum Gasteiger partial charge on any atom is 0.168 e. The van der Waals surface area contributed by atoms with Crippen molar-refractivity contribution in [1.29, 1.82) is 0 Å². The number of hydrogen-bond donors (Lipinski definition) is 0. The number of carbonyl (C=O) groups excluding carboxylic acids is 1. The summed E-state index contributed by atoms with van der Waals surface area (Å²) in [6, 6.07) is 0.169. The lowest BCUT2D eigenvalue weighted by Crippen LogP contribution is -2.21. The van der Waals surface area contributed by atoms with E-state index in [1.165, 1.54) is 0 Å². The highest BCUT2D eigenvalue weighted by molar-refractivity contribution is 5.71. The van der Waals surface area contributed by atoms with Gasteiger partial charge in [-0.15, -0.1) is 0 Å². The molecule has 1 aromatic heterocycles. The highest BCUT2D eigenvalue weighted by atomic mass is 16.5. The van der Waals surface area contributed by atoms with E-state index < -0.39 is 0 Å². The molecular formula is C10H16N2O2. The molecule has 1 rings (SSSR count). The topological polar surface area (TPSA) is 44.1 Å². The Morgan fingerprint density at radius 3 is 2.86 bits per heavy atom. The summed E-state index contributed by atoms with van der Waals surface area (Å²) in [5, 5.41) is 0. The molecule has 1 unspecified atom stereocenters. The van der Waals surface area contributed by atoms with Crippen LogP contribution in [0.3, 0.4) is 0 Å². The first kappa shape index (κ1) is 10.9. The van der Waals surface area contributed by atoms with Crippen LogP contribution >= 0.6 is 0 Å². The number of methoxy groups -OCH3 is 1. The minimum absolute atomic E-state index is 0.169. The summed E-state index contributed by atoms with van der Waals surface area (Å²) < 4.78 is 6.99. The van der Waals surface area contributed by atoms with Crippen LogP contribution in [0.5, 0.6) is 0 Å². The Bertz CT molecular complexity index is 294. The first-order chi connectivity index (χ1) is 6.70. The zero-order chi connectivity index (χ0) is 10.6. The molecule has 0 aliphatic heterocycles. The lowest BCUT2D eigenvalue weighted by atomic mass is 10.1. The minimum Gasteiger partial charge on any atom is -0.383 e. The molecule has 1 aromatic rings. The minimum atomic E-state index is 0.169. The molecule has 4 nitrogen and oxygen atoms in total. The van der Waals surface area contributed by atoms with Crippen LogP contribution in [-0.4, -0.2) is 29.6 Å². The predicted molar refractivity (Wildman–Crippen MR) is 53.4 cm³/mol. The molecule has 0 bridgehead atoms. The van der Waals surface area contributed by atoms with Crippen LogP contribution in [0, 0.1) is 5.92 Å². The van der Waals surface area contributed by atoms with Crippen molar-refractivity contribution in [2.75, 3.05) is 13.7 Å². The summed E-state index contributed by atoms with van der Waals surface area (Å²) in [5.41, 5.74) is 0.598. The summed E-state index contributed by atoms with van der Waals surface area (Å²) in [4.78, 5) is 14.7. The lowest BCUT2D eigenvalue weighted by molar-refractivity contribution is 0.109. The van der Waals surface area contributed by atoms with Crippen molar-refractivity contribution in [2.24, 2.45) is 5.92 Å². The molecule has 4 heteroatoms. The highest BCUT2D eigenvalue weighted by Crippen LogP contribution is 2.19. The molecule has 14 heavy (non-hydrogen) atoms. The number of nitrogens with zero attached hydrogens (tertiary/aromatic N) is 2. The van der Waals surface area contributed by atoms with Gasteiger partial charge in [-0.25, -0.2) is 4.98 Å². The van der Waals surface area contributed by atoms with E-state index in [2.05, 4.69) is 18.8 Å². The van der Waals surface area contributed by atoms with E-state index in [9.17, 15) is 4.79 Å². The fourth-order valence-corrected chi connectivity index (χ4v) is 1.45. The standard InChI is InChI=1S/C10H16N2O2/c1-8(2)10(6-14-3)12-7-11-4-9(12)5-13/h4-5,7-8,10H,6H2,1-3H3. The van der Waals surface area contributed by atoms with Crippen molar-refractivity contribution >= 4 is 6.29 Å². The third-order valence-corrected chi connectivity index (χ3v) is 2.28. The maximum atomic E-state index is 10.7. The Hall–Kier alpha value is -1.16. The number of imidazole rings is 1. The molecule has 0 radical (unpaired) electrons. The Morgan fingerprint density at radius 1 is 1.64 bits per heavy atom. The molecule has 0 aliphatic carbocycles. The quantitative estimate of drug-likeness (QED) is 0.671. The van der Waals surface area contributed by atoms with Gasteiger partial charge in [0.1, 0.15) is 5.69 Å². The van der Waals surface area contributed by atoms with Crippen LogP contribution < -0.4 is 0 Å². The summed E-state index contributed by atoms with van der Waals surface area (Å²) in [5.74, 6) is 0.405. The van der Waals surface area contributed by atoms with Crippen molar-refractivity contribution in [2.45, 2.75) is 19.9 Å². The fraction of sp³-hybridized carbons (Fsp3) is 0.600. The van der Waals surface area contributed by atoms with Crippen molar-refractivity contribution in [3.8, 4) is 0 Å². The second-order valence-electron chi connectivity index (χ2n) is 3.61. The third-order valence-electron chi connectivity index (χ3n) is 2.28. The highest BCUT2D eigenvalue weighted by Gasteiger charge is 2.17. The van der Waals surface area contributed by atoms with Crippen molar-refractivity contribution in [3.63, 3.8) is 0 Å². The molecule has 0 saturated heterocycles. The smallest absolute Gasteiger partial charge is 0.168 e. The van der Waals surface area contributed by atoms with Crippen molar-refractivity contribution in [1.82, 2.24) is 9.55 Å². The molecule has 0 aliphatic rings. The molecule has 0 saturated carbocycles. The first-order valence-electron chi connectivity index (χ1n) is 4.66. The first-order valence-corrected chi connectivity index (χ1v) is 4.66. The fourth-order valence-electron chi connectivity index (χ4n) is 1.45. The predicted octanol–water partition coefficient (Wildman–Crippen LogP) is 1.54. The van der Waals surface area contributed by atoms with Crippen molar-refractivity contribution < 1.29 is 9.53 Å². The van der Waals surface area contributed by atoms with E-state index in [4.69, 9.17) is 4.74 Å². The van der Waals surface area contributed by atoms with Gasteiger partial charge in [-0.2, -0.15) is 0 Å². The third kappa shape index (κ3) is 2.20. The molecule has 0 fully saturated rings. The van der Waals surface area contributed by atoms with Gasteiger partial charge in [0.05, 0.1) is 25.2 Å². The van der Waals surface area contributed by atoms with Gasteiger partial charge in [-0.3, -0.25) is 4.79 Å². The molecule has 1 atom stereocenters. The zero-order valence-electron chi connectivity index (χ0n) is 8.80. The molecule has 78 valence electrons. The van der Waals surface area contributed by atoms with E-state index in [1.807, 2.05) is 4.57 Å². The molecule has 0 spiro atoms. The Morgan fingerprint density at radius 2 is 2.36 bits per heavy atom. The van der Waals surface area contributed by atoms with Crippen molar-refractivity contribution in [3.05, 3.63) is 18.2 Å². The van der Waals surface area contributed by atoms with Gasteiger partial charge in [-0.1, -0.05) is 13.8 Å². The van der Waals surface area contributed by atoms with E-state index in [0.29, 0.717) is 18.2 Å². The SMILES string of the molecule is COCC(C(C)C)n1cncc1C=O. The van der Waals surface area contributed by atoms with Gasteiger partial charge >= 0.3 is 0 Å². The normalized spacial score (nSPS) is 13.1. The molecule has 0 N–H and O–H groups in total. The average Bonchev–Trinajstić information content (AvgIpc) is 2.61. The average molecular weight is 196 g/mol. The van der Waals surface area contributed by atoms with Gasteiger partial charge in [0.15, 0.2) is 6.29 Å². The second-order valence-corrected chi connectivity index (χ2v) is 3.61. The summed E-state index contributed by atoms with van der Waals surface area (Å²) in [6.07, 6.45) is 4.06. The number of aromatic nitrogens is 2. The van der Waals surface area contributed by atoms with E-state index in [-0.39, 0.29) is 6.04 Å². The summed E-state index contributed by atoms with van der Waals surface area (Å²) >= 11 is 0. The number of ether oxygens (including phenoxy) is 1. The molecular weight excluding hydrogens is 180 g/mol. The van der Waals surface area contributed by atoms with Crippen LogP contribution in [-0.2, 0) is 4.74 Å². The van der Waals surface area contributed by atoms with Gasteiger partial charge < -0.3 is 9.30 Å². The number of rotatable bonds is 5. The summed E-state index contributed by atoms with van der Waals surface area (Å²) in [7, 11) is 1.66. The molecule has 1 heterocycles. The van der Waals surface area contributed by atoms with Gasteiger partial charge in [-0.05, 0) is 5.92 Å². The van der Waals surface area contributed by atoms with Crippen LogP contribution in [0.2, 0.25) is 0 Å². The van der Waals surface area contributed by atoms with Gasteiger partial charge in [0.25, 0.3) is 0 Å². The molecule has 0 aromatic carbocycles. The van der Waals surface area contributed by atoms with Crippen LogP contribution in [0.15, 0.2) is 12.5 Å². The van der Waals surface area contributed by atoms with E-state index in [0.717, 1.165) is 6.29 Å². The van der Waals surface area contributed by atoms with E-state index >= 15 is 0 Å². The lowest BCUT2D eigenvalue weighted by Gasteiger charge is -2.22. The number of carbonyl (C=O) groups is 1. The zero-order valence-corrected chi connectivity index (χ0v) is 8.80. The Labute approximate surface area is 83.9 Å². The van der Waals surface area contributed by atoms with Gasteiger partial charge in [0, 0.05) is 7.11 Å². The monoisotopic (exact) mass is 196 g/mol. The Balaban J connectivity index is 2.92. The Kier molecular flexibility index (Phi) is 3.83. The van der Waals surface area contributed by atoms with E-state index in [1.54, 1.807) is 19.6 Å². The number of hydrogen-bond acceptors (Lipinski definition) is 3. The maximum absolute atomic E-state index is 10.7. The van der Waals surface area contributed by atoms with Gasteiger partial charge in [0.2, 0.25) is 0 Å². The molecule has 0 amide bonds. The second kappa shape index (κ2) is 4.91. The van der Waals surface area contributed by atoms with Crippen LogP contribution in [0.25, 0.3) is 0 Å². The summed E-state index contributed by atoms with van der Waals surface area (Å²) in [6.45, 7) is 4.78. The van der Waals surface area contributed by atoms with Crippen LogP contribution in [0.4, 0.5) is 0 Å². The number of aldehydes is 1. The van der Waals surface area contributed by atoms with Crippen LogP contribution in [0.1, 0.15) is 30.4 Å². The largest absolute Gasteiger partial charge is 0.383 e.